The summed E-state index contributed by atoms with van der Waals surface area (Å²) in [4.78, 5) is 25.3. The molecule has 3 heterocycles. The third-order valence-electron chi connectivity index (χ3n) is 6.39. The molecule has 6 heteroatoms. The van der Waals surface area contributed by atoms with Gasteiger partial charge in [-0.3, -0.25) is 14.7 Å². The van der Waals surface area contributed by atoms with E-state index in [1.165, 1.54) is 11.1 Å². The van der Waals surface area contributed by atoms with E-state index in [9.17, 15) is 10.1 Å². The molecule has 0 saturated carbocycles. The lowest BCUT2D eigenvalue weighted by Crippen LogP contribution is -2.34. The standard InChI is InChI=1S/C25H25N5O/c26-15-19-6-2-4-7-20(19)16-29-12-10-22-23(11-13-29)27-25(28-24(22)31)30-14-9-18-5-1-3-8-21(18)17-30/h1-8H,9-14,16-17H2,(H,27,28,31). The zero-order chi connectivity index (χ0) is 21.2. The molecule has 0 amide bonds. The maximum atomic E-state index is 12.9. The maximum absolute atomic E-state index is 12.9. The molecule has 3 aromatic rings. The predicted octanol–water partition coefficient (Wildman–Crippen LogP) is 2.81. The average Bonchev–Trinajstić information content (AvgIpc) is 3.02. The van der Waals surface area contributed by atoms with Crippen LogP contribution in [0.5, 0.6) is 0 Å². The van der Waals surface area contributed by atoms with E-state index in [1.54, 1.807) is 0 Å². The number of nitrogens with one attached hydrogen (secondary N) is 1. The van der Waals surface area contributed by atoms with Gasteiger partial charge in [0.1, 0.15) is 0 Å². The number of benzene rings is 2. The van der Waals surface area contributed by atoms with Crippen LogP contribution >= 0.6 is 0 Å². The first-order chi connectivity index (χ1) is 15.2. The molecule has 2 aromatic carbocycles. The summed E-state index contributed by atoms with van der Waals surface area (Å²) >= 11 is 0. The predicted molar refractivity (Wildman–Crippen MR) is 120 cm³/mol. The molecule has 0 fully saturated rings. The largest absolute Gasteiger partial charge is 0.338 e. The van der Waals surface area contributed by atoms with Gasteiger partial charge >= 0.3 is 0 Å². The fraction of sp³-hybridized carbons (Fsp3) is 0.320. The molecule has 0 saturated heterocycles. The van der Waals surface area contributed by atoms with Crippen molar-refractivity contribution < 1.29 is 0 Å². The van der Waals surface area contributed by atoms with Gasteiger partial charge in [-0.25, -0.2) is 4.98 Å². The van der Waals surface area contributed by atoms with E-state index in [4.69, 9.17) is 4.98 Å². The minimum atomic E-state index is -0.0156. The molecule has 156 valence electrons. The van der Waals surface area contributed by atoms with Crippen molar-refractivity contribution in [2.45, 2.75) is 32.4 Å². The van der Waals surface area contributed by atoms with Crippen LogP contribution in [0.2, 0.25) is 0 Å². The van der Waals surface area contributed by atoms with Crippen LogP contribution < -0.4 is 10.5 Å². The smallest absolute Gasteiger partial charge is 0.255 e. The highest BCUT2D eigenvalue weighted by molar-refractivity contribution is 5.41. The second-order valence-corrected chi connectivity index (χ2v) is 8.30. The van der Waals surface area contributed by atoms with Gasteiger partial charge in [0.15, 0.2) is 0 Å². The van der Waals surface area contributed by atoms with Crippen LogP contribution in [0.15, 0.2) is 53.3 Å². The zero-order valence-electron chi connectivity index (χ0n) is 17.5. The maximum Gasteiger partial charge on any atom is 0.255 e. The number of aromatic nitrogens is 2. The highest BCUT2D eigenvalue weighted by atomic mass is 16.1. The summed E-state index contributed by atoms with van der Waals surface area (Å²) < 4.78 is 0. The number of hydrogen-bond acceptors (Lipinski definition) is 5. The van der Waals surface area contributed by atoms with Gasteiger partial charge in [-0.1, -0.05) is 42.5 Å². The fourth-order valence-corrected chi connectivity index (χ4v) is 4.63. The summed E-state index contributed by atoms with van der Waals surface area (Å²) in [6.07, 6.45) is 2.38. The lowest BCUT2D eigenvalue weighted by Gasteiger charge is -2.29. The van der Waals surface area contributed by atoms with E-state index in [0.717, 1.165) is 55.8 Å². The van der Waals surface area contributed by atoms with Crippen LogP contribution in [0.4, 0.5) is 5.95 Å². The van der Waals surface area contributed by atoms with Gasteiger partial charge in [-0.2, -0.15) is 5.26 Å². The molecular weight excluding hydrogens is 386 g/mol. The molecule has 6 nitrogen and oxygen atoms in total. The van der Waals surface area contributed by atoms with Crippen molar-refractivity contribution >= 4 is 5.95 Å². The van der Waals surface area contributed by atoms with Gasteiger partial charge in [0.2, 0.25) is 5.95 Å². The minimum Gasteiger partial charge on any atom is -0.338 e. The molecule has 0 bridgehead atoms. The summed E-state index contributed by atoms with van der Waals surface area (Å²) in [7, 11) is 0. The van der Waals surface area contributed by atoms with E-state index >= 15 is 0 Å². The number of fused-ring (bicyclic) bond motifs is 2. The topological polar surface area (TPSA) is 76.0 Å². The second kappa shape index (κ2) is 8.37. The summed E-state index contributed by atoms with van der Waals surface area (Å²) in [5.74, 6) is 0.682. The first kappa shape index (κ1) is 19.5. The van der Waals surface area contributed by atoms with Crippen molar-refractivity contribution in [3.05, 3.63) is 92.4 Å². The number of hydrogen-bond donors (Lipinski definition) is 1. The Morgan fingerprint density at radius 2 is 1.74 bits per heavy atom. The Morgan fingerprint density at radius 1 is 0.968 bits per heavy atom. The van der Waals surface area contributed by atoms with Crippen molar-refractivity contribution in [3.8, 4) is 6.07 Å². The first-order valence-electron chi connectivity index (χ1n) is 10.9. The zero-order valence-corrected chi connectivity index (χ0v) is 17.5. The number of nitriles is 1. The van der Waals surface area contributed by atoms with Crippen LogP contribution in [-0.4, -0.2) is 34.5 Å². The molecule has 0 radical (unpaired) electrons. The Morgan fingerprint density at radius 3 is 2.61 bits per heavy atom. The molecule has 1 N–H and O–H groups in total. The normalized spacial score (nSPS) is 16.2. The molecule has 0 atom stereocenters. The summed E-state index contributed by atoms with van der Waals surface area (Å²) in [6, 6.07) is 18.5. The summed E-state index contributed by atoms with van der Waals surface area (Å²) in [5, 5.41) is 9.37. The van der Waals surface area contributed by atoms with Gasteiger partial charge in [0.05, 0.1) is 17.3 Å². The summed E-state index contributed by atoms with van der Waals surface area (Å²) in [5.41, 5.74) is 6.13. The molecule has 2 aliphatic heterocycles. The van der Waals surface area contributed by atoms with Gasteiger partial charge in [-0.15, -0.1) is 0 Å². The van der Waals surface area contributed by atoms with Crippen molar-refractivity contribution in [1.82, 2.24) is 14.9 Å². The van der Waals surface area contributed by atoms with Crippen molar-refractivity contribution in [2.24, 2.45) is 0 Å². The third kappa shape index (κ3) is 3.97. The highest BCUT2D eigenvalue weighted by Crippen LogP contribution is 2.23. The Hall–Kier alpha value is -3.43. The van der Waals surface area contributed by atoms with Gasteiger partial charge in [-0.05, 0) is 35.6 Å². The Bertz CT molecular complexity index is 1210. The average molecular weight is 412 g/mol. The number of rotatable bonds is 3. The fourth-order valence-electron chi connectivity index (χ4n) is 4.63. The molecule has 5 rings (SSSR count). The Kier molecular flexibility index (Phi) is 5.27. The third-order valence-corrected chi connectivity index (χ3v) is 6.39. The van der Waals surface area contributed by atoms with Gasteiger partial charge < -0.3 is 4.90 Å². The first-order valence-corrected chi connectivity index (χ1v) is 10.9. The monoisotopic (exact) mass is 411 g/mol. The number of anilines is 1. The quantitative estimate of drug-likeness (QED) is 0.717. The summed E-state index contributed by atoms with van der Waals surface area (Å²) in [6.45, 7) is 3.95. The molecular formula is C25H25N5O. The van der Waals surface area contributed by atoms with Gasteiger partial charge in [0, 0.05) is 44.7 Å². The van der Waals surface area contributed by atoms with Crippen molar-refractivity contribution in [2.75, 3.05) is 24.5 Å². The number of nitrogens with zero attached hydrogens (tertiary/aromatic N) is 4. The van der Waals surface area contributed by atoms with E-state index in [0.29, 0.717) is 24.5 Å². The minimum absolute atomic E-state index is 0.0156. The van der Waals surface area contributed by atoms with Crippen LogP contribution in [0.3, 0.4) is 0 Å². The lowest BCUT2D eigenvalue weighted by atomic mass is 10.0. The van der Waals surface area contributed by atoms with Gasteiger partial charge in [0.25, 0.3) is 5.56 Å². The molecule has 0 aliphatic carbocycles. The van der Waals surface area contributed by atoms with Crippen LogP contribution in [-0.2, 0) is 32.4 Å². The Labute approximate surface area is 181 Å². The highest BCUT2D eigenvalue weighted by Gasteiger charge is 2.23. The van der Waals surface area contributed by atoms with Crippen LogP contribution in [0, 0.1) is 11.3 Å². The molecule has 0 spiro atoms. The second-order valence-electron chi connectivity index (χ2n) is 8.30. The van der Waals surface area contributed by atoms with Crippen LogP contribution in [0.1, 0.15) is 33.5 Å². The van der Waals surface area contributed by atoms with Crippen molar-refractivity contribution in [3.63, 3.8) is 0 Å². The number of aromatic amines is 1. The van der Waals surface area contributed by atoms with E-state index < -0.39 is 0 Å². The van der Waals surface area contributed by atoms with Crippen LogP contribution in [0.25, 0.3) is 0 Å². The molecule has 1 aromatic heterocycles. The van der Waals surface area contributed by atoms with E-state index in [2.05, 4.69) is 45.1 Å². The van der Waals surface area contributed by atoms with Crippen molar-refractivity contribution in [1.29, 1.82) is 5.26 Å². The molecule has 0 unspecified atom stereocenters. The molecule has 31 heavy (non-hydrogen) atoms. The lowest BCUT2D eigenvalue weighted by molar-refractivity contribution is 0.278. The van der Waals surface area contributed by atoms with E-state index in [-0.39, 0.29) is 5.56 Å². The Balaban J connectivity index is 1.35. The van der Waals surface area contributed by atoms with E-state index in [1.807, 2.05) is 24.3 Å². The SMILES string of the molecule is N#Cc1ccccc1CN1CCc2nc(N3CCc4ccccc4C3)[nH]c(=O)c2CC1. The molecule has 2 aliphatic rings. The number of H-pyrrole nitrogens is 1.